The summed E-state index contributed by atoms with van der Waals surface area (Å²) in [6.07, 6.45) is 0. The van der Waals surface area contributed by atoms with Crippen molar-refractivity contribution in [1.29, 1.82) is 0 Å². The molecule has 2 atom stereocenters. The molecule has 0 unspecified atom stereocenters. The molecule has 48 valence electrons. The summed E-state index contributed by atoms with van der Waals surface area (Å²) in [4.78, 5) is 0. The monoisotopic (exact) mass is 115 g/mol. The molecule has 1 aliphatic heterocycles. The zero-order chi connectivity index (χ0) is 6.20. The van der Waals surface area contributed by atoms with Crippen LogP contribution in [0.15, 0.2) is 0 Å². The third kappa shape index (κ3) is 0.858. The molecule has 0 aromatic rings. The quantitative estimate of drug-likeness (QED) is 0.465. The van der Waals surface area contributed by atoms with Gasteiger partial charge in [0.25, 0.3) is 0 Å². The van der Waals surface area contributed by atoms with Gasteiger partial charge in [-0.15, -0.1) is 0 Å². The van der Waals surface area contributed by atoms with Crippen LogP contribution in [0.1, 0.15) is 13.8 Å². The van der Waals surface area contributed by atoms with Gasteiger partial charge in [0.1, 0.15) is 0 Å². The summed E-state index contributed by atoms with van der Waals surface area (Å²) in [6, 6.07) is 0. The summed E-state index contributed by atoms with van der Waals surface area (Å²) < 4.78 is 0. The van der Waals surface area contributed by atoms with Crippen molar-refractivity contribution < 1.29 is 5.11 Å². The van der Waals surface area contributed by atoms with Crippen molar-refractivity contribution in [1.82, 2.24) is 5.32 Å². The van der Waals surface area contributed by atoms with Crippen LogP contribution in [0.5, 0.6) is 0 Å². The number of rotatable bonds is 0. The fourth-order valence-corrected chi connectivity index (χ4v) is 0.936. The Morgan fingerprint density at radius 2 is 2.38 bits per heavy atom. The van der Waals surface area contributed by atoms with Crippen molar-refractivity contribution in [3.8, 4) is 0 Å². The number of β-amino-alcohol motifs (C(OH)–C–C–N with tert-alkyl or cyclic N) is 1. The predicted octanol–water partition coefficient (Wildman–Crippen LogP) is -0.0233. The molecular weight excluding hydrogens is 102 g/mol. The molecule has 1 fully saturated rings. The summed E-state index contributed by atoms with van der Waals surface area (Å²) in [5.74, 6) is 0.405. The zero-order valence-corrected chi connectivity index (χ0v) is 5.44. The van der Waals surface area contributed by atoms with Crippen LogP contribution in [-0.2, 0) is 0 Å². The third-order valence-corrected chi connectivity index (χ3v) is 2.00. The van der Waals surface area contributed by atoms with Crippen LogP contribution in [0.3, 0.4) is 0 Å². The third-order valence-electron chi connectivity index (χ3n) is 2.00. The van der Waals surface area contributed by atoms with Crippen molar-refractivity contribution in [3.05, 3.63) is 0 Å². The fourth-order valence-electron chi connectivity index (χ4n) is 0.936. The van der Waals surface area contributed by atoms with E-state index in [1.54, 1.807) is 0 Å². The average Bonchev–Trinajstić information content (AvgIpc) is 1.86. The van der Waals surface area contributed by atoms with Gasteiger partial charge in [0, 0.05) is 13.1 Å². The second-order valence-electron chi connectivity index (χ2n) is 2.89. The van der Waals surface area contributed by atoms with Gasteiger partial charge in [-0.1, -0.05) is 6.92 Å². The molecule has 0 saturated carbocycles. The van der Waals surface area contributed by atoms with Gasteiger partial charge in [0.15, 0.2) is 0 Å². The standard InChI is InChI=1S/C6H13NO/c1-5-3-7-4-6(5,2)8/h5,7-8H,3-4H2,1-2H3/t5-,6+/m1/s1. The summed E-state index contributed by atoms with van der Waals surface area (Å²) in [5.41, 5.74) is -0.458. The molecular formula is C6H13NO. The Kier molecular flexibility index (Phi) is 1.29. The number of hydrogen-bond donors (Lipinski definition) is 2. The van der Waals surface area contributed by atoms with Crippen molar-refractivity contribution in [2.75, 3.05) is 13.1 Å². The lowest BCUT2D eigenvalue weighted by Gasteiger charge is -2.19. The minimum absolute atomic E-state index is 0.405. The first-order valence-corrected chi connectivity index (χ1v) is 3.06. The van der Waals surface area contributed by atoms with Crippen LogP contribution in [-0.4, -0.2) is 23.8 Å². The molecule has 2 heteroatoms. The first-order valence-electron chi connectivity index (χ1n) is 3.06. The minimum Gasteiger partial charge on any atom is -0.389 e. The highest BCUT2D eigenvalue weighted by molar-refractivity contribution is 4.88. The summed E-state index contributed by atoms with van der Waals surface area (Å²) in [7, 11) is 0. The van der Waals surface area contributed by atoms with E-state index in [-0.39, 0.29) is 0 Å². The van der Waals surface area contributed by atoms with Crippen LogP contribution < -0.4 is 5.32 Å². The Hall–Kier alpha value is -0.0800. The SMILES string of the molecule is C[C@@H]1CNC[C@]1(C)O. The Labute approximate surface area is 49.9 Å². The molecule has 0 bridgehead atoms. The van der Waals surface area contributed by atoms with Crippen molar-refractivity contribution >= 4 is 0 Å². The van der Waals surface area contributed by atoms with Crippen LogP contribution in [0, 0.1) is 5.92 Å². The highest BCUT2D eigenvalue weighted by Gasteiger charge is 2.32. The van der Waals surface area contributed by atoms with E-state index < -0.39 is 5.60 Å². The Morgan fingerprint density at radius 1 is 1.75 bits per heavy atom. The van der Waals surface area contributed by atoms with Crippen LogP contribution in [0.4, 0.5) is 0 Å². The van der Waals surface area contributed by atoms with Crippen molar-refractivity contribution in [2.45, 2.75) is 19.4 Å². The van der Waals surface area contributed by atoms with Gasteiger partial charge in [0.05, 0.1) is 5.60 Å². The van der Waals surface area contributed by atoms with Crippen LogP contribution in [0.2, 0.25) is 0 Å². The molecule has 1 heterocycles. The lowest BCUT2D eigenvalue weighted by atomic mass is 9.95. The lowest BCUT2D eigenvalue weighted by Crippen LogP contribution is -2.31. The smallest absolute Gasteiger partial charge is 0.0781 e. The molecule has 0 aromatic heterocycles. The summed E-state index contributed by atoms with van der Waals surface area (Å²) in [6.45, 7) is 5.62. The molecule has 0 amide bonds. The maximum atomic E-state index is 9.40. The molecule has 2 nitrogen and oxygen atoms in total. The van der Waals surface area contributed by atoms with Crippen LogP contribution >= 0.6 is 0 Å². The number of nitrogens with one attached hydrogen (secondary N) is 1. The van der Waals surface area contributed by atoms with E-state index in [0.29, 0.717) is 5.92 Å². The molecule has 0 radical (unpaired) electrons. The zero-order valence-electron chi connectivity index (χ0n) is 5.44. The molecule has 8 heavy (non-hydrogen) atoms. The maximum Gasteiger partial charge on any atom is 0.0781 e. The van der Waals surface area contributed by atoms with Crippen molar-refractivity contribution in [2.24, 2.45) is 5.92 Å². The Morgan fingerprint density at radius 3 is 2.50 bits per heavy atom. The van der Waals surface area contributed by atoms with Gasteiger partial charge in [-0.2, -0.15) is 0 Å². The van der Waals surface area contributed by atoms with Gasteiger partial charge >= 0.3 is 0 Å². The largest absolute Gasteiger partial charge is 0.389 e. The molecule has 1 aliphatic rings. The number of aliphatic hydroxyl groups is 1. The topological polar surface area (TPSA) is 32.3 Å². The number of hydrogen-bond acceptors (Lipinski definition) is 2. The summed E-state index contributed by atoms with van der Waals surface area (Å²) >= 11 is 0. The van der Waals surface area contributed by atoms with Crippen LogP contribution in [0.25, 0.3) is 0 Å². The molecule has 1 rings (SSSR count). The average molecular weight is 115 g/mol. The second-order valence-corrected chi connectivity index (χ2v) is 2.89. The first kappa shape index (κ1) is 6.05. The van der Waals surface area contributed by atoms with E-state index >= 15 is 0 Å². The molecule has 0 spiro atoms. The van der Waals surface area contributed by atoms with Gasteiger partial charge in [0.2, 0.25) is 0 Å². The van der Waals surface area contributed by atoms with E-state index in [0.717, 1.165) is 13.1 Å². The van der Waals surface area contributed by atoms with Gasteiger partial charge in [-0.3, -0.25) is 0 Å². The summed E-state index contributed by atoms with van der Waals surface area (Å²) in [5, 5.41) is 12.5. The fraction of sp³-hybridized carbons (Fsp3) is 1.00. The minimum atomic E-state index is -0.458. The van der Waals surface area contributed by atoms with E-state index in [2.05, 4.69) is 12.2 Å². The van der Waals surface area contributed by atoms with Crippen molar-refractivity contribution in [3.63, 3.8) is 0 Å². The molecule has 2 N–H and O–H groups in total. The lowest BCUT2D eigenvalue weighted by molar-refractivity contribution is 0.0433. The normalized spacial score (nSPS) is 47.6. The first-order chi connectivity index (χ1) is 3.63. The van der Waals surface area contributed by atoms with E-state index in [1.165, 1.54) is 0 Å². The highest BCUT2D eigenvalue weighted by atomic mass is 16.3. The Bertz CT molecular complexity index is 90.5. The van der Waals surface area contributed by atoms with E-state index in [9.17, 15) is 5.11 Å². The maximum absolute atomic E-state index is 9.40. The van der Waals surface area contributed by atoms with Gasteiger partial charge < -0.3 is 10.4 Å². The van der Waals surface area contributed by atoms with E-state index in [1.807, 2.05) is 6.92 Å². The second kappa shape index (κ2) is 1.71. The molecule has 0 aromatic carbocycles. The van der Waals surface area contributed by atoms with E-state index in [4.69, 9.17) is 0 Å². The highest BCUT2D eigenvalue weighted by Crippen LogP contribution is 2.19. The predicted molar refractivity (Wildman–Crippen MR) is 32.7 cm³/mol. The Balaban J connectivity index is 2.54. The molecule has 1 saturated heterocycles. The molecule has 0 aliphatic carbocycles. The van der Waals surface area contributed by atoms with Gasteiger partial charge in [-0.05, 0) is 12.8 Å². The van der Waals surface area contributed by atoms with Gasteiger partial charge in [-0.25, -0.2) is 0 Å².